The quantitative estimate of drug-likeness (QED) is 0.892. The molecule has 108 valence electrons. The van der Waals surface area contributed by atoms with E-state index >= 15 is 0 Å². The first kappa shape index (κ1) is 14.0. The van der Waals surface area contributed by atoms with Crippen LogP contribution in [0.15, 0.2) is 28.7 Å². The van der Waals surface area contributed by atoms with Crippen LogP contribution in [0.3, 0.4) is 0 Å². The summed E-state index contributed by atoms with van der Waals surface area (Å²) in [6, 6.07) is 10.5. The molecule has 0 atom stereocenters. The summed E-state index contributed by atoms with van der Waals surface area (Å²) in [7, 11) is 0. The Morgan fingerprint density at radius 3 is 2.81 bits per heavy atom. The van der Waals surface area contributed by atoms with Gasteiger partial charge in [0.25, 0.3) is 0 Å². The zero-order valence-electron chi connectivity index (χ0n) is 11.5. The number of hydrogen-bond acceptors (Lipinski definition) is 4. The third kappa shape index (κ3) is 2.74. The number of nitrogen functional groups attached to an aromatic ring is 1. The van der Waals surface area contributed by atoms with Crippen molar-refractivity contribution in [3.05, 3.63) is 39.9 Å². The maximum atomic E-state index is 9.30. The van der Waals surface area contributed by atoms with Gasteiger partial charge in [-0.15, -0.1) is 0 Å². The Balaban J connectivity index is 1.88. The average molecular weight is 346 g/mol. The van der Waals surface area contributed by atoms with Crippen molar-refractivity contribution in [2.75, 3.05) is 11.1 Å². The molecule has 0 amide bonds. The van der Waals surface area contributed by atoms with Gasteiger partial charge in [0.15, 0.2) is 5.82 Å². The van der Waals surface area contributed by atoms with E-state index in [1.54, 1.807) is 4.68 Å². The Hall–Kier alpha value is -2.00. The SMILES string of the molecule is N#Cc1c(NC2CCC2)nn(Cc2ccccc2Br)c1N. The minimum Gasteiger partial charge on any atom is -0.383 e. The lowest BCUT2D eigenvalue weighted by atomic mass is 9.93. The van der Waals surface area contributed by atoms with E-state index in [1.165, 1.54) is 6.42 Å². The molecule has 6 heteroatoms. The summed E-state index contributed by atoms with van der Waals surface area (Å²) in [5, 5.41) is 17.1. The largest absolute Gasteiger partial charge is 0.383 e. The van der Waals surface area contributed by atoms with E-state index in [-0.39, 0.29) is 0 Å². The Bertz CT molecular complexity index is 697. The predicted molar refractivity (Wildman–Crippen MR) is 85.9 cm³/mol. The van der Waals surface area contributed by atoms with Crippen LogP contribution < -0.4 is 11.1 Å². The number of aromatic nitrogens is 2. The summed E-state index contributed by atoms with van der Waals surface area (Å²) in [5.41, 5.74) is 7.58. The zero-order chi connectivity index (χ0) is 14.8. The third-order valence-electron chi connectivity index (χ3n) is 3.83. The van der Waals surface area contributed by atoms with Crippen LogP contribution in [-0.2, 0) is 6.54 Å². The predicted octanol–water partition coefficient (Wildman–Crippen LogP) is 3.11. The van der Waals surface area contributed by atoms with Gasteiger partial charge in [-0.1, -0.05) is 34.1 Å². The summed E-state index contributed by atoms with van der Waals surface area (Å²) in [6.07, 6.45) is 3.48. The highest BCUT2D eigenvalue weighted by Gasteiger charge is 2.22. The van der Waals surface area contributed by atoms with E-state index in [4.69, 9.17) is 5.73 Å². The third-order valence-corrected chi connectivity index (χ3v) is 4.60. The van der Waals surface area contributed by atoms with E-state index in [0.717, 1.165) is 22.9 Å². The van der Waals surface area contributed by atoms with Crippen molar-refractivity contribution in [1.82, 2.24) is 9.78 Å². The van der Waals surface area contributed by atoms with Gasteiger partial charge in [0.2, 0.25) is 0 Å². The molecule has 1 aromatic carbocycles. The molecular formula is C15H16BrN5. The number of anilines is 2. The summed E-state index contributed by atoms with van der Waals surface area (Å²) >= 11 is 3.52. The molecule has 5 nitrogen and oxygen atoms in total. The Morgan fingerprint density at radius 2 is 2.19 bits per heavy atom. The first-order valence-electron chi connectivity index (χ1n) is 6.95. The molecule has 0 saturated heterocycles. The highest BCUT2D eigenvalue weighted by atomic mass is 79.9. The van der Waals surface area contributed by atoms with Crippen molar-refractivity contribution < 1.29 is 0 Å². The Kier molecular flexibility index (Phi) is 3.84. The molecule has 1 heterocycles. The summed E-state index contributed by atoms with van der Waals surface area (Å²) in [5.74, 6) is 1.02. The number of nitrogens with one attached hydrogen (secondary N) is 1. The maximum absolute atomic E-state index is 9.30. The molecule has 0 unspecified atom stereocenters. The van der Waals surface area contributed by atoms with Gasteiger partial charge in [0.05, 0.1) is 6.54 Å². The van der Waals surface area contributed by atoms with Crippen LogP contribution in [0.2, 0.25) is 0 Å². The molecule has 0 radical (unpaired) electrons. The van der Waals surface area contributed by atoms with Gasteiger partial charge in [-0.3, -0.25) is 0 Å². The molecule has 2 aromatic rings. The molecule has 1 aromatic heterocycles. The van der Waals surface area contributed by atoms with Gasteiger partial charge in [0.1, 0.15) is 17.5 Å². The monoisotopic (exact) mass is 345 g/mol. The second-order valence-corrected chi connectivity index (χ2v) is 6.10. The van der Waals surface area contributed by atoms with Crippen LogP contribution in [0.4, 0.5) is 11.6 Å². The van der Waals surface area contributed by atoms with E-state index in [1.807, 2.05) is 24.3 Å². The number of nitrogens with two attached hydrogens (primary N) is 1. The molecule has 1 fully saturated rings. The topological polar surface area (TPSA) is 79.7 Å². The van der Waals surface area contributed by atoms with Gasteiger partial charge in [0, 0.05) is 10.5 Å². The lowest BCUT2D eigenvalue weighted by molar-refractivity contribution is 0.443. The van der Waals surface area contributed by atoms with Crippen LogP contribution in [0, 0.1) is 11.3 Å². The molecule has 1 aliphatic rings. The highest BCUT2D eigenvalue weighted by Crippen LogP contribution is 2.28. The standard InChI is InChI=1S/C15H16BrN5/c16-13-7-2-1-4-10(13)9-21-14(18)12(8-17)15(20-21)19-11-5-3-6-11/h1-2,4,7,11H,3,5-6,9,18H2,(H,19,20). The highest BCUT2D eigenvalue weighted by molar-refractivity contribution is 9.10. The molecular weight excluding hydrogens is 330 g/mol. The zero-order valence-corrected chi connectivity index (χ0v) is 13.1. The smallest absolute Gasteiger partial charge is 0.168 e. The van der Waals surface area contributed by atoms with Gasteiger partial charge in [-0.05, 0) is 30.9 Å². The van der Waals surface area contributed by atoms with Crippen molar-refractivity contribution in [1.29, 1.82) is 5.26 Å². The summed E-state index contributed by atoms with van der Waals surface area (Å²) in [4.78, 5) is 0. The molecule has 0 spiro atoms. The first-order chi connectivity index (χ1) is 10.2. The van der Waals surface area contributed by atoms with Crippen LogP contribution >= 0.6 is 15.9 Å². The van der Waals surface area contributed by atoms with Crippen molar-refractivity contribution in [3.8, 4) is 6.07 Å². The number of nitrogens with zero attached hydrogens (tertiary/aromatic N) is 3. The molecule has 0 bridgehead atoms. The van der Waals surface area contributed by atoms with Crippen molar-refractivity contribution in [2.24, 2.45) is 0 Å². The van der Waals surface area contributed by atoms with Crippen molar-refractivity contribution >= 4 is 27.6 Å². The normalized spacial score (nSPS) is 14.5. The van der Waals surface area contributed by atoms with Crippen LogP contribution in [0.1, 0.15) is 30.4 Å². The fourth-order valence-electron chi connectivity index (χ4n) is 2.34. The summed E-state index contributed by atoms with van der Waals surface area (Å²) in [6.45, 7) is 0.536. The van der Waals surface area contributed by atoms with E-state index < -0.39 is 0 Å². The Morgan fingerprint density at radius 1 is 1.43 bits per heavy atom. The fraction of sp³-hybridized carbons (Fsp3) is 0.333. The Labute approximate surface area is 131 Å². The van der Waals surface area contributed by atoms with Gasteiger partial charge in [-0.25, -0.2) is 4.68 Å². The first-order valence-corrected chi connectivity index (χ1v) is 7.74. The molecule has 3 rings (SSSR count). The molecule has 21 heavy (non-hydrogen) atoms. The van der Waals surface area contributed by atoms with E-state index in [9.17, 15) is 5.26 Å². The molecule has 0 aliphatic heterocycles. The second kappa shape index (κ2) is 5.78. The number of hydrogen-bond donors (Lipinski definition) is 2. The van der Waals surface area contributed by atoms with Crippen molar-refractivity contribution in [2.45, 2.75) is 31.8 Å². The van der Waals surface area contributed by atoms with Gasteiger partial charge in [-0.2, -0.15) is 10.4 Å². The molecule has 3 N–H and O–H groups in total. The lowest BCUT2D eigenvalue weighted by Crippen LogP contribution is -2.27. The van der Waals surface area contributed by atoms with Crippen LogP contribution in [-0.4, -0.2) is 15.8 Å². The molecule has 1 aliphatic carbocycles. The van der Waals surface area contributed by atoms with E-state index in [2.05, 4.69) is 32.4 Å². The average Bonchev–Trinajstić information content (AvgIpc) is 2.72. The lowest BCUT2D eigenvalue weighted by Gasteiger charge is -2.26. The van der Waals surface area contributed by atoms with Gasteiger partial charge < -0.3 is 11.1 Å². The fourth-order valence-corrected chi connectivity index (χ4v) is 2.75. The minimum atomic E-state index is 0.412. The van der Waals surface area contributed by atoms with Gasteiger partial charge >= 0.3 is 0 Å². The number of benzene rings is 1. The second-order valence-electron chi connectivity index (χ2n) is 5.24. The van der Waals surface area contributed by atoms with E-state index in [0.29, 0.717) is 29.8 Å². The maximum Gasteiger partial charge on any atom is 0.168 e. The minimum absolute atomic E-state index is 0.412. The van der Waals surface area contributed by atoms with Crippen LogP contribution in [0.5, 0.6) is 0 Å². The molecule has 1 saturated carbocycles. The van der Waals surface area contributed by atoms with Crippen LogP contribution in [0.25, 0.3) is 0 Å². The number of rotatable bonds is 4. The summed E-state index contributed by atoms with van der Waals surface area (Å²) < 4.78 is 2.69. The van der Waals surface area contributed by atoms with Crippen molar-refractivity contribution in [3.63, 3.8) is 0 Å². The number of halogens is 1. The number of nitriles is 1.